The molecule has 0 amide bonds. The summed E-state index contributed by atoms with van der Waals surface area (Å²) >= 11 is 0. The lowest BCUT2D eigenvalue weighted by Gasteiger charge is -2.41. The normalized spacial score (nSPS) is 17.1. The Morgan fingerprint density at radius 1 is 1.15 bits per heavy atom. The number of carbonyl (C=O) groups excluding carboxylic acids is 1. The highest BCUT2D eigenvalue weighted by molar-refractivity contribution is 5.89. The van der Waals surface area contributed by atoms with E-state index in [-0.39, 0.29) is 18.1 Å². The number of benzene rings is 1. The van der Waals surface area contributed by atoms with Crippen LogP contribution >= 0.6 is 0 Å². The SMILES string of the molecule is COC(=O)c1ccc(N2CCN(c3nccnc3OC(C)C)C(C)C2)cc1. The predicted octanol–water partition coefficient (Wildman–Crippen LogP) is 2.77. The van der Waals surface area contributed by atoms with Crippen LogP contribution in [0.15, 0.2) is 36.7 Å². The van der Waals surface area contributed by atoms with E-state index in [9.17, 15) is 4.79 Å². The third-order valence-corrected chi connectivity index (χ3v) is 4.55. The summed E-state index contributed by atoms with van der Waals surface area (Å²) in [5, 5.41) is 0. The number of ether oxygens (including phenoxy) is 2. The largest absolute Gasteiger partial charge is 0.472 e. The number of anilines is 2. The zero-order valence-electron chi connectivity index (χ0n) is 16.3. The van der Waals surface area contributed by atoms with Crippen LogP contribution in [0.2, 0.25) is 0 Å². The van der Waals surface area contributed by atoms with Gasteiger partial charge in [-0.1, -0.05) is 0 Å². The smallest absolute Gasteiger partial charge is 0.337 e. The maximum absolute atomic E-state index is 11.6. The quantitative estimate of drug-likeness (QED) is 0.750. The van der Waals surface area contributed by atoms with Crippen LogP contribution in [0.25, 0.3) is 0 Å². The van der Waals surface area contributed by atoms with Gasteiger partial charge in [0.1, 0.15) is 0 Å². The number of carbonyl (C=O) groups is 1. The Morgan fingerprint density at radius 2 is 1.85 bits per heavy atom. The van der Waals surface area contributed by atoms with Crippen molar-refractivity contribution >= 4 is 17.5 Å². The van der Waals surface area contributed by atoms with Crippen LogP contribution in [0.5, 0.6) is 5.88 Å². The number of piperazine rings is 1. The molecule has 0 N–H and O–H groups in total. The summed E-state index contributed by atoms with van der Waals surface area (Å²) in [6.07, 6.45) is 3.41. The molecule has 2 aromatic rings. The standard InChI is InChI=1S/C20H26N4O3/c1-14(2)27-19-18(21-9-10-22-19)24-12-11-23(13-15(24)3)17-7-5-16(6-8-17)20(25)26-4/h5-10,14-15H,11-13H2,1-4H3. The molecule has 7 heteroatoms. The lowest BCUT2D eigenvalue weighted by Crippen LogP contribution is -2.52. The van der Waals surface area contributed by atoms with Crippen LogP contribution in [0.3, 0.4) is 0 Å². The summed E-state index contributed by atoms with van der Waals surface area (Å²) in [6, 6.07) is 7.77. The van der Waals surface area contributed by atoms with Gasteiger partial charge in [0, 0.05) is 43.8 Å². The van der Waals surface area contributed by atoms with Crippen molar-refractivity contribution in [3.8, 4) is 5.88 Å². The van der Waals surface area contributed by atoms with Crippen LogP contribution in [0, 0.1) is 0 Å². The highest BCUT2D eigenvalue weighted by Crippen LogP contribution is 2.28. The molecule has 0 spiro atoms. The van der Waals surface area contributed by atoms with Crippen molar-refractivity contribution in [3.63, 3.8) is 0 Å². The van der Waals surface area contributed by atoms with Gasteiger partial charge in [-0.3, -0.25) is 0 Å². The van der Waals surface area contributed by atoms with Crippen molar-refractivity contribution in [1.29, 1.82) is 0 Å². The zero-order valence-corrected chi connectivity index (χ0v) is 16.3. The van der Waals surface area contributed by atoms with Gasteiger partial charge < -0.3 is 19.3 Å². The van der Waals surface area contributed by atoms with E-state index in [2.05, 4.69) is 26.7 Å². The molecule has 144 valence electrons. The maximum Gasteiger partial charge on any atom is 0.337 e. The summed E-state index contributed by atoms with van der Waals surface area (Å²) in [5.74, 6) is 1.05. The first-order valence-electron chi connectivity index (χ1n) is 9.17. The van der Waals surface area contributed by atoms with Gasteiger partial charge in [-0.2, -0.15) is 0 Å². The van der Waals surface area contributed by atoms with Gasteiger partial charge in [0.25, 0.3) is 5.88 Å². The van der Waals surface area contributed by atoms with Gasteiger partial charge in [-0.25, -0.2) is 14.8 Å². The Labute approximate surface area is 159 Å². The molecule has 1 aliphatic rings. The average molecular weight is 370 g/mol. The van der Waals surface area contributed by atoms with Crippen molar-refractivity contribution in [2.45, 2.75) is 32.9 Å². The number of rotatable bonds is 5. The van der Waals surface area contributed by atoms with Crippen molar-refractivity contribution < 1.29 is 14.3 Å². The minimum absolute atomic E-state index is 0.0466. The van der Waals surface area contributed by atoms with Crippen molar-refractivity contribution in [2.75, 3.05) is 36.5 Å². The lowest BCUT2D eigenvalue weighted by molar-refractivity contribution is 0.0600. The molecular formula is C20H26N4O3. The first-order chi connectivity index (χ1) is 13.0. The molecule has 1 fully saturated rings. The molecular weight excluding hydrogens is 344 g/mol. The van der Waals surface area contributed by atoms with Gasteiger partial charge in [0.15, 0.2) is 5.82 Å². The van der Waals surface area contributed by atoms with Crippen LogP contribution in [-0.4, -0.2) is 54.8 Å². The number of esters is 1. The van der Waals surface area contributed by atoms with E-state index in [1.807, 2.05) is 26.0 Å². The van der Waals surface area contributed by atoms with E-state index in [4.69, 9.17) is 9.47 Å². The number of hydrogen-bond donors (Lipinski definition) is 0. The fraction of sp³-hybridized carbons (Fsp3) is 0.450. The van der Waals surface area contributed by atoms with Gasteiger partial charge in [-0.05, 0) is 45.0 Å². The number of aromatic nitrogens is 2. The number of hydrogen-bond acceptors (Lipinski definition) is 7. The first-order valence-corrected chi connectivity index (χ1v) is 9.17. The summed E-state index contributed by atoms with van der Waals surface area (Å²) in [7, 11) is 1.39. The molecule has 1 unspecified atom stereocenters. The molecule has 2 heterocycles. The van der Waals surface area contributed by atoms with Crippen LogP contribution in [0.4, 0.5) is 11.5 Å². The predicted molar refractivity (Wildman–Crippen MR) is 105 cm³/mol. The third-order valence-electron chi connectivity index (χ3n) is 4.55. The summed E-state index contributed by atoms with van der Waals surface area (Å²) in [5.41, 5.74) is 1.65. The summed E-state index contributed by atoms with van der Waals surface area (Å²) in [6.45, 7) is 8.64. The fourth-order valence-corrected chi connectivity index (χ4v) is 3.25. The van der Waals surface area contributed by atoms with E-state index >= 15 is 0 Å². The Balaban J connectivity index is 1.72. The van der Waals surface area contributed by atoms with Crippen LogP contribution in [-0.2, 0) is 4.74 Å². The van der Waals surface area contributed by atoms with Crippen molar-refractivity contribution in [2.24, 2.45) is 0 Å². The molecule has 1 saturated heterocycles. The van der Waals surface area contributed by atoms with E-state index in [0.29, 0.717) is 11.4 Å². The molecule has 7 nitrogen and oxygen atoms in total. The topological polar surface area (TPSA) is 67.8 Å². The Bertz CT molecular complexity index is 779. The molecule has 3 rings (SSSR count). The number of nitrogens with zero attached hydrogens (tertiary/aromatic N) is 4. The first kappa shape index (κ1) is 18.9. The second-order valence-electron chi connectivity index (χ2n) is 6.88. The van der Waals surface area contributed by atoms with Gasteiger partial charge in [0.2, 0.25) is 0 Å². The molecule has 0 saturated carbocycles. The Kier molecular flexibility index (Phi) is 5.78. The molecule has 27 heavy (non-hydrogen) atoms. The second-order valence-corrected chi connectivity index (χ2v) is 6.88. The summed E-state index contributed by atoms with van der Waals surface area (Å²) in [4.78, 5) is 25.0. The number of methoxy groups -OCH3 is 1. The monoisotopic (exact) mass is 370 g/mol. The van der Waals surface area contributed by atoms with Crippen LogP contribution < -0.4 is 14.5 Å². The molecule has 1 aliphatic heterocycles. The second kappa shape index (κ2) is 8.24. The zero-order chi connectivity index (χ0) is 19.4. The van der Waals surface area contributed by atoms with Crippen molar-refractivity contribution in [1.82, 2.24) is 9.97 Å². The molecule has 0 aliphatic carbocycles. The minimum atomic E-state index is -0.319. The van der Waals surface area contributed by atoms with Crippen molar-refractivity contribution in [3.05, 3.63) is 42.2 Å². The van der Waals surface area contributed by atoms with Gasteiger partial charge in [0.05, 0.1) is 18.8 Å². The fourth-order valence-electron chi connectivity index (χ4n) is 3.25. The third kappa shape index (κ3) is 4.30. The van der Waals surface area contributed by atoms with E-state index in [1.165, 1.54) is 7.11 Å². The van der Waals surface area contributed by atoms with Gasteiger partial charge >= 0.3 is 5.97 Å². The van der Waals surface area contributed by atoms with E-state index in [1.54, 1.807) is 24.5 Å². The molecule has 1 aromatic carbocycles. The summed E-state index contributed by atoms with van der Waals surface area (Å²) < 4.78 is 10.6. The van der Waals surface area contributed by atoms with E-state index < -0.39 is 0 Å². The molecule has 1 atom stereocenters. The van der Waals surface area contributed by atoms with E-state index in [0.717, 1.165) is 31.1 Å². The maximum atomic E-state index is 11.6. The molecule has 1 aromatic heterocycles. The van der Waals surface area contributed by atoms with Crippen LogP contribution in [0.1, 0.15) is 31.1 Å². The molecule has 0 bridgehead atoms. The minimum Gasteiger partial charge on any atom is -0.472 e. The Morgan fingerprint density at radius 3 is 2.48 bits per heavy atom. The highest BCUT2D eigenvalue weighted by Gasteiger charge is 2.28. The highest BCUT2D eigenvalue weighted by atomic mass is 16.5. The lowest BCUT2D eigenvalue weighted by atomic mass is 10.1. The Hall–Kier alpha value is -2.83. The van der Waals surface area contributed by atoms with Gasteiger partial charge in [-0.15, -0.1) is 0 Å². The average Bonchev–Trinajstić information content (AvgIpc) is 2.67. The molecule has 0 radical (unpaired) electrons.